The first-order valence-corrected chi connectivity index (χ1v) is 5.29. The number of aryl methyl sites for hydroxylation is 1. The summed E-state index contributed by atoms with van der Waals surface area (Å²) >= 11 is 0. The van der Waals surface area contributed by atoms with Crippen molar-refractivity contribution in [2.45, 2.75) is 13.0 Å². The predicted octanol–water partition coefficient (Wildman–Crippen LogP) is -0.408. The van der Waals surface area contributed by atoms with Gasteiger partial charge in [-0.2, -0.15) is 0 Å². The molecule has 0 aliphatic carbocycles. The summed E-state index contributed by atoms with van der Waals surface area (Å²) in [5.74, 6) is -0.443. The fraction of sp³-hybridized carbons (Fsp3) is 0.364. The zero-order chi connectivity index (χ0) is 13.9. The van der Waals surface area contributed by atoms with E-state index in [1.54, 1.807) is 20.0 Å². The standard InChI is InChI=1S/C11H16N4O3/c1-7(10(12)13-18)15(3)11(17)8-4-5-14(2)9(16)6-8/h4-7,18H,1-3H3,(H2,12,13). The van der Waals surface area contributed by atoms with Crippen LogP contribution in [0, 0.1) is 0 Å². The van der Waals surface area contributed by atoms with Gasteiger partial charge < -0.3 is 20.4 Å². The Balaban J connectivity index is 3.00. The average molecular weight is 252 g/mol. The Bertz CT molecular complexity index is 535. The molecule has 1 unspecified atom stereocenters. The third-order valence-electron chi connectivity index (χ3n) is 2.80. The Morgan fingerprint density at radius 1 is 1.61 bits per heavy atom. The Hall–Kier alpha value is -2.31. The average Bonchev–Trinajstić information content (AvgIpc) is 2.38. The monoisotopic (exact) mass is 252 g/mol. The zero-order valence-corrected chi connectivity index (χ0v) is 10.5. The first kappa shape index (κ1) is 13.8. The maximum absolute atomic E-state index is 12.1. The topological polar surface area (TPSA) is 101 Å². The molecule has 0 bridgehead atoms. The summed E-state index contributed by atoms with van der Waals surface area (Å²) in [4.78, 5) is 24.8. The molecule has 0 aliphatic rings. The molecule has 98 valence electrons. The smallest absolute Gasteiger partial charge is 0.254 e. The molecular weight excluding hydrogens is 236 g/mol. The van der Waals surface area contributed by atoms with Crippen LogP contribution >= 0.6 is 0 Å². The van der Waals surface area contributed by atoms with Crippen molar-refractivity contribution >= 4 is 11.7 Å². The molecule has 7 nitrogen and oxygen atoms in total. The van der Waals surface area contributed by atoms with E-state index < -0.39 is 6.04 Å². The van der Waals surface area contributed by atoms with Gasteiger partial charge in [-0.05, 0) is 13.0 Å². The SMILES string of the molecule is CC(/C(N)=N/O)N(C)C(=O)c1ccn(C)c(=O)c1. The van der Waals surface area contributed by atoms with Crippen LogP contribution in [0.2, 0.25) is 0 Å². The van der Waals surface area contributed by atoms with E-state index in [4.69, 9.17) is 10.9 Å². The molecular formula is C11H16N4O3. The quantitative estimate of drug-likeness (QED) is 0.330. The lowest BCUT2D eigenvalue weighted by molar-refractivity contribution is 0.0776. The van der Waals surface area contributed by atoms with Gasteiger partial charge in [-0.15, -0.1) is 0 Å². The number of amidine groups is 1. The van der Waals surface area contributed by atoms with E-state index >= 15 is 0 Å². The molecule has 1 heterocycles. The van der Waals surface area contributed by atoms with Crippen LogP contribution in [0.5, 0.6) is 0 Å². The molecule has 7 heteroatoms. The van der Waals surface area contributed by atoms with Crippen LogP contribution in [0.3, 0.4) is 0 Å². The Morgan fingerprint density at radius 3 is 2.72 bits per heavy atom. The predicted molar refractivity (Wildman–Crippen MR) is 66.6 cm³/mol. The first-order chi connectivity index (χ1) is 8.38. The molecule has 0 radical (unpaired) electrons. The van der Waals surface area contributed by atoms with E-state index in [-0.39, 0.29) is 22.9 Å². The van der Waals surface area contributed by atoms with Gasteiger partial charge in [0.25, 0.3) is 11.5 Å². The highest BCUT2D eigenvalue weighted by Gasteiger charge is 2.20. The normalized spacial score (nSPS) is 13.2. The van der Waals surface area contributed by atoms with Crippen molar-refractivity contribution in [3.05, 3.63) is 34.2 Å². The molecule has 1 aromatic heterocycles. The number of nitrogens with zero attached hydrogens (tertiary/aromatic N) is 3. The van der Waals surface area contributed by atoms with E-state index in [9.17, 15) is 9.59 Å². The molecule has 1 amide bonds. The molecule has 1 aromatic rings. The molecule has 3 N–H and O–H groups in total. The summed E-state index contributed by atoms with van der Waals surface area (Å²) in [5.41, 5.74) is 5.42. The fourth-order valence-electron chi connectivity index (χ4n) is 1.34. The zero-order valence-electron chi connectivity index (χ0n) is 10.5. The van der Waals surface area contributed by atoms with Gasteiger partial charge in [0.1, 0.15) is 0 Å². The number of hydrogen-bond acceptors (Lipinski definition) is 4. The molecule has 0 saturated heterocycles. The third-order valence-corrected chi connectivity index (χ3v) is 2.80. The molecule has 1 atom stereocenters. The van der Waals surface area contributed by atoms with Crippen molar-refractivity contribution < 1.29 is 10.0 Å². The number of oxime groups is 1. The number of carbonyl (C=O) groups is 1. The van der Waals surface area contributed by atoms with Gasteiger partial charge >= 0.3 is 0 Å². The van der Waals surface area contributed by atoms with Crippen molar-refractivity contribution in [3.63, 3.8) is 0 Å². The van der Waals surface area contributed by atoms with Crippen molar-refractivity contribution in [2.24, 2.45) is 17.9 Å². The minimum atomic E-state index is -0.563. The minimum Gasteiger partial charge on any atom is -0.409 e. The number of carbonyl (C=O) groups excluding carboxylic acids is 1. The van der Waals surface area contributed by atoms with E-state index in [0.29, 0.717) is 0 Å². The molecule has 0 fully saturated rings. The second kappa shape index (κ2) is 5.35. The summed E-state index contributed by atoms with van der Waals surface area (Å²) in [6.45, 7) is 1.62. The van der Waals surface area contributed by atoms with Gasteiger partial charge in [0.2, 0.25) is 0 Å². The molecule has 0 saturated carbocycles. The molecule has 0 spiro atoms. The van der Waals surface area contributed by atoms with Crippen LogP contribution in [-0.4, -0.2) is 39.5 Å². The maximum atomic E-state index is 12.1. The lowest BCUT2D eigenvalue weighted by Crippen LogP contribution is -2.44. The van der Waals surface area contributed by atoms with Crippen molar-refractivity contribution in [2.75, 3.05) is 7.05 Å². The van der Waals surface area contributed by atoms with Crippen molar-refractivity contribution in [3.8, 4) is 0 Å². The number of amides is 1. The first-order valence-electron chi connectivity index (χ1n) is 5.29. The maximum Gasteiger partial charge on any atom is 0.254 e. The van der Waals surface area contributed by atoms with Gasteiger partial charge in [0, 0.05) is 31.9 Å². The Labute approximate surface area is 104 Å². The summed E-state index contributed by atoms with van der Waals surface area (Å²) in [6.07, 6.45) is 1.51. The fourth-order valence-corrected chi connectivity index (χ4v) is 1.34. The van der Waals surface area contributed by atoms with Crippen LogP contribution in [0.4, 0.5) is 0 Å². The largest absolute Gasteiger partial charge is 0.409 e. The number of likely N-dealkylation sites (N-methyl/N-ethyl adjacent to an activating group) is 1. The number of rotatable bonds is 3. The minimum absolute atomic E-state index is 0.0744. The second-order valence-electron chi connectivity index (χ2n) is 3.98. The highest BCUT2D eigenvalue weighted by Crippen LogP contribution is 2.04. The molecule has 18 heavy (non-hydrogen) atoms. The summed E-state index contributed by atoms with van der Waals surface area (Å²) in [5, 5.41) is 11.4. The van der Waals surface area contributed by atoms with Crippen LogP contribution in [0.1, 0.15) is 17.3 Å². The lowest BCUT2D eigenvalue weighted by Gasteiger charge is -2.23. The van der Waals surface area contributed by atoms with Crippen molar-refractivity contribution in [1.82, 2.24) is 9.47 Å². The Morgan fingerprint density at radius 2 is 2.22 bits per heavy atom. The number of nitrogens with two attached hydrogens (primary N) is 1. The van der Waals surface area contributed by atoms with Gasteiger partial charge in [-0.25, -0.2) is 0 Å². The van der Waals surface area contributed by atoms with E-state index in [0.717, 1.165) is 0 Å². The van der Waals surface area contributed by atoms with Crippen LogP contribution in [-0.2, 0) is 7.05 Å². The summed E-state index contributed by atoms with van der Waals surface area (Å²) in [7, 11) is 3.11. The molecule has 0 aromatic carbocycles. The van der Waals surface area contributed by atoms with E-state index in [1.165, 1.54) is 28.8 Å². The van der Waals surface area contributed by atoms with Crippen LogP contribution < -0.4 is 11.3 Å². The number of aromatic nitrogens is 1. The summed E-state index contributed by atoms with van der Waals surface area (Å²) < 4.78 is 1.36. The van der Waals surface area contributed by atoms with E-state index in [2.05, 4.69) is 5.16 Å². The Kier molecular flexibility index (Phi) is 4.09. The van der Waals surface area contributed by atoms with Gasteiger partial charge in [-0.1, -0.05) is 5.16 Å². The third kappa shape index (κ3) is 2.68. The second-order valence-corrected chi connectivity index (χ2v) is 3.98. The van der Waals surface area contributed by atoms with Crippen LogP contribution in [0.15, 0.2) is 28.3 Å². The number of hydrogen-bond donors (Lipinski definition) is 2. The van der Waals surface area contributed by atoms with Crippen LogP contribution in [0.25, 0.3) is 0 Å². The highest BCUT2D eigenvalue weighted by atomic mass is 16.4. The van der Waals surface area contributed by atoms with E-state index in [1.807, 2.05) is 0 Å². The number of pyridine rings is 1. The lowest BCUT2D eigenvalue weighted by atomic mass is 10.2. The van der Waals surface area contributed by atoms with Gasteiger partial charge in [0.05, 0.1) is 6.04 Å². The molecule has 1 rings (SSSR count). The van der Waals surface area contributed by atoms with Crippen molar-refractivity contribution in [1.29, 1.82) is 0 Å². The summed E-state index contributed by atoms with van der Waals surface area (Å²) in [6, 6.07) is 2.23. The van der Waals surface area contributed by atoms with Gasteiger partial charge in [0.15, 0.2) is 5.84 Å². The molecule has 0 aliphatic heterocycles. The highest BCUT2D eigenvalue weighted by molar-refractivity contribution is 5.97. The van der Waals surface area contributed by atoms with Gasteiger partial charge in [-0.3, -0.25) is 9.59 Å².